The van der Waals surface area contributed by atoms with Gasteiger partial charge in [-0.1, -0.05) is 23.7 Å². The SMILES string of the molecule is Nc1ccccc1NC(=O)COc1cncc(Cl)c1. The summed E-state index contributed by atoms with van der Waals surface area (Å²) >= 11 is 5.75. The molecule has 0 atom stereocenters. The number of aromatic nitrogens is 1. The summed E-state index contributed by atoms with van der Waals surface area (Å²) in [4.78, 5) is 15.5. The molecule has 1 amide bonds. The quantitative estimate of drug-likeness (QED) is 0.841. The first kappa shape index (κ1) is 13.2. The van der Waals surface area contributed by atoms with Gasteiger partial charge in [-0.25, -0.2) is 0 Å². The largest absolute Gasteiger partial charge is 0.482 e. The number of benzene rings is 1. The molecule has 0 fully saturated rings. The average Bonchev–Trinajstić information content (AvgIpc) is 2.39. The minimum absolute atomic E-state index is 0.143. The van der Waals surface area contributed by atoms with Crippen LogP contribution in [0, 0.1) is 0 Å². The molecule has 0 aliphatic heterocycles. The maximum absolute atomic E-state index is 11.7. The number of halogens is 1. The standard InChI is InChI=1S/C13H12ClN3O2/c14-9-5-10(7-16-6-9)19-8-13(18)17-12-4-2-1-3-11(12)15/h1-7H,8,15H2,(H,17,18). The van der Waals surface area contributed by atoms with Gasteiger partial charge in [0, 0.05) is 12.3 Å². The minimum atomic E-state index is -0.308. The van der Waals surface area contributed by atoms with E-state index in [4.69, 9.17) is 22.1 Å². The second-order valence-corrected chi connectivity index (χ2v) is 4.20. The molecule has 3 N–H and O–H groups in total. The first-order valence-electron chi connectivity index (χ1n) is 5.53. The van der Waals surface area contributed by atoms with Crippen molar-refractivity contribution in [3.8, 4) is 5.75 Å². The van der Waals surface area contributed by atoms with E-state index in [1.807, 2.05) is 0 Å². The van der Waals surface area contributed by atoms with Crippen molar-refractivity contribution in [1.82, 2.24) is 4.98 Å². The molecule has 5 nitrogen and oxygen atoms in total. The zero-order valence-corrected chi connectivity index (χ0v) is 10.7. The summed E-state index contributed by atoms with van der Waals surface area (Å²) in [6.45, 7) is -0.143. The maximum Gasteiger partial charge on any atom is 0.262 e. The molecule has 2 aromatic rings. The van der Waals surface area contributed by atoms with Gasteiger partial charge >= 0.3 is 0 Å². The van der Waals surface area contributed by atoms with Gasteiger partial charge in [-0.2, -0.15) is 0 Å². The van der Waals surface area contributed by atoms with Gasteiger partial charge in [-0.3, -0.25) is 9.78 Å². The third-order valence-corrected chi connectivity index (χ3v) is 2.49. The predicted octanol–water partition coefficient (Wildman–Crippen LogP) is 2.33. The van der Waals surface area contributed by atoms with E-state index < -0.39 is 0 Å². The molecule has 1 aromatic carbocycles. The molecule has 19 heavy (non-hydrogen) atoms. The van der Waals surface area contributed by atoms with Crippen LogP contribution in [0.4, 0.5) is 11.4 Å². The van der Waals surface area contributed by atoms with Gasteiger partial charge < -0.3 is 15.8 Å². The number of carbonyl (C=O) groups excluding carboxylic acids is 1. The molecule has 0 saturated carbocycles. The van der Waals surface area contributed by atoms with Crippen LogP contribution in [-0.2, 0) is 4.79 Å². The van der Waals surface area contributed by atoms with Gasteiger partial charge in [-0.05, 0) is 12.1 Å². The van der Waals surface area contributed by atoms with Crippen LogP contribution in [0.2, 0.25) is 5.02 Å². The van der Waals surface area contributed by atoms with Crippen molar-refractivity contribution >= 4 is 28.9 Å². The Morgan fingerprint density at radius 2 is 2.16 bits per heavy atom. The monoisotopic (exact) mass is 277 g/mol. The van der Waals surface area contributed by atoms with Crippen molar-refractivity contribution in [2.24, 2.45) is 0 Å². The molecular weight excluding hydrogens is 266 g/mol. The first-order valence-corrected chi connectivity index (χ1v) is 5.90. The van der Waals surface area contributed by atoms with Crippen LogP contribution in [0.25, 0.3) is 0 Å². The molecular formula is C13H12ClN3O2. The van der Waals surface area contributed by atoms with Gasteiger partial charge in [0.05, 0.1) is 22.6 Å². The van der Waals surface area contributed by atoms with Gasteiger partial charge in [0.2, 0.25) is 0 Å². The number of rotatable bonds is 4. The number of amides is 1. The number of hydrogen-bond acceptors (Lipinski definition) is 4. The lowest BCUT2D eigenvalue weighted by atomic mass is 10.3. The number of pyridine rings is 1. The van der Waals surface area contributed by atoms with Crippen molar-refractivity contribution in [3.05, 3.63) is 47.7 Å². The maximum atomic E-state index is 11.7. The molecule has 0 saturated heterocycles. The highest BCUT2D eigenvalue weighted by molar-refractivity contribution is 6.30. The fourth-order valence-electron chi connectivity index (χ4n) is 1.42. The molecule has 1 aromatic heterocycles. The van der Waals surface area contributed by atoms with Crippen LogP contribution in [0.15, 0.2) is 42.7 Å². The number of nitrogens with one attached hydrogen (secondary N) is 1. The van der Waals surface area contributed by atoms with E-state index >= 15 is 0 Å². The lowest BCUT2D eigenvalue weighted by molar-refractivity contribution is -0.118. The van der Waals surface area contributed by atoms with E-state index in [1.165, 1.54) is 12.4 Å². The molecule has 0 radical (unpaired) electrons. The van der Waals surface area contributed by atoms with Crippen LogP contribution in [0.3, 0.4) is 0 Å². The smallest absolute Gasteiger partial charge is 0.262 e. The normalized spacial score (nSPS) is 9.95. The highest BCUT2D eigenvalue weighted by Gasteiger charge is 2.06. The molecule has 1 heterocycles. The summed E-state index contributed by atoms with van der Waals surface area (Å²) in [5.41, 5.74) is 6.77. The summed E-state index contributed by atoms with van der Waals surface area (Å²) in [5.74, 6) is 0.126. The van der Waals surface area contributed by atoms with E-state index in [1.54, 1.807) is 30.3 Å². The topological polar surface area (TPSA) is 77.2 Å². The molecule has 6 heteroatoms. The van der Waals surface area contributed by atoms with Gasteiger partial charge in [0.15, 0.2) is 6.61 Å². The molecule has 2 rings (SSSR count). The zero-order valence-electron chi connectivity index (χ0n) is 9.97. The summed E-state index contributed by atoms with van der Waals surface area (Å²) in [6, 6.07) is 8.58. The Labute approximate surface area is 115 Å². The Kier molecular flexibility index (Phi) is 4.20. The van der Waals surface area contributed by atoms with Gasteiger partial charge in [0.1, 0.15) is 5.75 Å². The van der Waals surface area contributed by atoms with E-state index in [0.717, 1.165) is 0 Å². The van der Waals surface area contributed by atoms with Crippen molar-refractivity contribution in [2.45, 2.75) is 0 Å². The summed E-state index contributed by atoms with van der Waals surface area (Å²) in [7, 11) is 0. The minimum Gasteiger partial charge on any atom is -0.482 e. The summed E-state index contributed by atoms with van der Waals surface area (Å²) in [6.07, 6.45) is 2.97. The Hall–Kier alpha value is -2.27. The Balaban J connectivity index is 1.90. The van der Waals surface area contributed by atoms with Crippen LogP contribution < -0.4 is 15.8 Å². The zero-order chi connectivity index (χ0) is 13.7. The third-order valence-electron chi connectivity index (χ3n) is 2.28. The molecule has 0 aliphatic carbocycles. The molecule has 0 aliphatic rings. The van der Waals surface area contributed by atoms with Crippen molar-refractivity contribution in [2.75, 3.05) is 17.7 Å². The third kappa shape index (κ3) is 3.86. The second kappa shape index (κ2) is 6.06. The summed E-state index contributed by atoms with van der Waals surface area (Å²) < 4.78 is 5.26. The Bertz CT molecular complexity index is 590. The van der Waals surface area contributed by atoms with Crippen LogP contribution >= 0.6 is 11.6 Å². The fourth-order valence-corrected chi connectivity index (χ4v) is 1.58. The van der Waals surface area contributed by atoms with E-state index in [-0.39, 0.29) is 12.5 Å². The van der Waals surface area contributed by atoms with Crippen LogP contribution in [0.1, 0.15) is 0 Å². The number of anilines is 2. The lowest BCUT2D eigenvalue weighted by Crippen LogP contribution is -2.20. The highest BCUT2D eigenvalue weighted by Crippen LogP contribution is 2.17. The van der Waals surface area contributed by atoms with Gasteiger partial charge in [-0.15, -0.1) is 0 Å². The van der Waals surface area contributed by atoms with E-state index in [9.17, 15) is 4.79 Å². The lowest BCUT2D eigenvalue weighted by Gasteiger charge is -2.09. The molecule has 0 bridgehead atoms. The van der Waals surface area contributed by atoms with E-state index in [0.29, 0.717) is 22.1 Å². The highest BCUT2D eigenvalue weighted by atomic mass is 35.5. The average molecular weight is 278 g/mol. The van der Waals surface area contributed by atoms with Crippen LogP contribution in [0.5, 0.6) is 5.75 Å². The van der Waals surface area contributed by atoms with Gasteiger partial charge in [0.25, 0.3) is 5.91 Å². The molecule has 0 unspecified atom stereocenters. The predicted molar refractivity (Wildman–Crippen MR) is 74.2 cm³/mol. The van der Waals surface area contributed by atoms with Crippen molar-refractivity contribution in [3.63, 3.8) is 0 Å². The Morgan fingerprint density at radius 1 is 1.37 bits per heavy atom. The molecule has 98 valence electrons. The number of nitrogen functional groups attached to an aromatic ring is 1. The number of carbonyl (C=O) groups is 1. The number of nitrogens with two attached hydrogens (primary N) is 1. The number of hydrogen-bond donors (Lipinski definition) is 2. The number of nitrogens with zero attached hydrogens (tertiary/aromatic N) is 1. The fraction of sp³-hybridized carbons (Fsp3) is 0.0769. The molecule has 0 spiro atoms. The second-order valence-electron chi connectivity index (χ2n) is 3.76. The number of ether oxygens (including phenoxy) is 1. The van der Waals surface area contributed by atoms with E-state index in [2.05, 4.69) is 10.3 Å². The number of para-hydroxylation sites is 2. The summed E-state index contributed by atoms with van der Waals surface area (Å²) in [5, 5.41) is 3.10. The van der Waals surface area contributed by atoms with Crippen LogP contribution in [-0.4, -0.2) is 17.5 Å². The Morgan fingerprint density at radius 3 is 2.89 bits per heavy atom. The van der Waals surface area contributed by atoms with Crippen molar-refractivity contribution < 1.29 is 9.53 Å². The van der Waals surface area contributed by atoms with Crippen molar-refractivity contribution in [1.29, 1.82) is 0 Å². The first-order chi connectivity index (χ1) is 9.15.